The van der Waals surface area contributed by atoms with E-state index in [1.807, 2.05) is 5.57 Å². The standard InChI is InChI=1S/C20H35N/c1-14(2)15-6-8-17-16(12-15)7-9-18-19(3,13-21)10-5-11-20(17,18)4/h7,14-15,17-18H,5-6,8-13,21H2,1-4H3/t15?,17-,18?,19-,20-/m1/s1. The molecule has 2 saturated carbocycles. The molecule has 2 unspecified atom stereocenters. The molecular weight excluding hydrogens is 254 g/mol. The summed E-state index contributed by atoms with van der Waals surface area (Å²) in [6, 6.07) is 0. The first kappa shape index (κ1) is 15.6. The molecule has 0 heterocycles. The Hall–Kier alpha value is -0.300. The molecule has 2 N–H and O–H groups in total. The summed E-state index contributed by atoms with van der Waals surface area (Å²) in [6.07, 6.45) is 12.4. The van der Waals surface area contributed by atoms with Gasteiger partial charge >= 0.3 is 0 Å². The summed E-state index contributed by atoms with van der Waals surface area (Å²) in [5.41, 5.74) is 8.94. The molecule has 0 radical (unpaired) electrons. The first-order valence-corrected chi connectivity index (χ1v) is 9.30. The molecule has 3 aliphatic carbocycles. The lowest BCUT2D eigenvalue weighted by Gasteiger charge is -2.59. The van der Waals surface area contributed by atoms with Gasteiger partial charge in [0.15, 0.2) is 0 Å². The van der Waals surface area contributed by atoms with Crippen LogP contribution in [0.4, 0.5) is 0 Å². The van der Waals surface area contributed by atoms with E-state index in [-0.39, 0.29) is 0 Å². The number of nitrogens with two attached hydrogens (primary N) is 1. The Morgan fingerprint density at radius 2 is 2.00 bits per heavy atom. The van der Waals surface area contributed by atoms with Crippen LogP contribution in [0.5, 0.6) is 0 Å². The van der Waals surface area contributed by atoms with Crippen LogP contribution < -0.4 is 5.73 Å². The van der Waals surface area contributed by atoms with Crippen LogP contribution in [0.25, 0.3) is 0 Å². The van der Waals surface area contributed by atoms with E-state index in [9.17, 15) is 0 Å². The Bertz CT molecular complexity index is 424. The van der Waals surface area contributed by atoms with Gasteiger partial charge in [0.1, 0.15) is 0 Å². The van der Waals surface area contributed by atoms with E-state index in [1.165, 1.54) is 44.9 Å². The zero-order chi connectivity index (χ0) is 15.3. The number of hydrogen-bond donors (Lipinski definition) is 1. The number of allylic oxidation sites excluding steroid dienone is 2. The zero-order valence-electron chi connectivity index (χ0n) is 14.6. The second kappa shape index (κ2) is 5.41. The monoisotopic (exact) mass is 289 g/mol. The van der Waals surface area contributed by atoms with Gasteiger partial charge < -0.3 is 5.73 Å². The minimum absolute atomic E-state index is 0.379. The quantitative estimate of drug-likeness (QED) is 0.698. The van der Waals surface area contributed by atoms with Gasteiger partial charge in [-0.05, 0) is 79.6 Å². The number of hydrogen-bond acceptors (Lipinski definition) is 1. The smallest absolute Gasteiger partial charge is 0.00202 e. The van der Waals surface area contributed by atoms with Gasteiger partial charge in [-0.15, -0.1) is 0 Å². The van der Waals surface area contributed by atoms with Crippen LogP contribution in [-0.2, 0) is 0 Å². The Morgan fingerprint density at radius 3 is 2.67 bits per heavy atom. The molecule has 0 bridgehead atoms. The fraction of sp³-hybridized carbons (Fsp3) is 0.900. The molecule has 3 rings (SSSR count). The fourth-order valence-corrected chi connectivity index (χ4v) is 6.16. The van der Waals surface area contributed by atoms with Crippen LogP contribution in [0, 0.1) is 34.5 Å². The highest BCUT2D eigenvalue weighted by Gasteiger charge is 2.54. The largest absolute Gasteiger partial charge is 0.330 e. The molecule has 0 spiro atoms. The van der Waals surface area contributed by atoms with Gasteiger partial charge in [-0.25, -0.2) is 0 Å². The van der Waals surface area contributed by atoms with E-state index >= 15 is 0 Å². The predicted molar refractivity (Wildman–Crippen MR) is 91.0 cm³/mol. The van der Waals surface area contributed by atoms with Gasteiger partial charge in [-0.2, -0.15) is 0 Å². The predicted octanol–water partition coefficient (Wildman–Crippen LogP) is 5.16. The van der Waals surface area contributed by atoms with Gasteiger partial charge in [-0.3, -0.25) is 0 Å². The van der Waals surface area contributed by atoms with Gasteiger partial charge in [0.05, 0.1) is 0 Å². The average molecular weight is 290 g/mol. The highest BCUT2D eigenvalue weighted by atomic mass is 14.7. The SMILES string of the molecule is CC(C)C1CC[C@@H]2C(=CCC3[C@@](C)(CN)CCC[C@@]32C)C1. The van der Waals surface area contributed by atoms with Gasteiger partial charge in [0.2, 0.25) is 0 Å². The third-order valence-electron chi connectivity index (χ3n) is 7.69. The molecule has 2 fully saturated rings. The minimum atomic E-state index is 0.379. The van der Waals surface area contributed by atoms with Crippen LogP contribution in [-0.4, -0.2) is 6.54 Å². The minimum Gasteiger partial charge on any atom is -0.330 e. The van der Waals surface area contributed by atoms with Crippen molar-refractivity contribution < 1.29 is 0 Å². The molecule has 120 valence electrons. The third kappa shape index (κ3) is 2.40. The molecule has 0 amide bonds. The van der Waals surface area contributed by atoms with Crippen molar-refractivity contribution in [3.63, 3.8) is 0 Å². The molecule has 0 aliphatic heterocycles. The maximum absolute atomic E-state index is 6.21. The Balaban J connectivity index is 1.89. The van der Waals surface area contributed by atoms with E-state index in [4.69, 9.17) is 5.73 Å². The topological polar surface area (TPSA) is 26.0 Å². The highest BCUT2D eigenvalue weighted by molar-refractivity contribution is 5.22. The Labute approximate surface area is 131 Å². The van der Waals surface area contributed by atoms with Crippen molar-refractivity contribution in [1.29, 1.82) is 0 Å². The van der Waals surface area contributed by atoms with Crippen molar-refractivity contribution in [1.82, 2.24) is 0 Å². The van der Waals surface area contributed by atoms with Crippen LogP contribution in [0.15, 0.2) is 11.6 Å². The lowest BCUT2D eigenvalue weighted by atomic mass is 9.46. The molecule has 1 nitrogen and oxygen atoms in total. The van der Waals surface area contributed by atoms with Gasteiger partial charge in [0, 0.05) is 0 Å². The van der Waals surface area contributed by atoms with Crippen molar-refractivity contribution in [2.75, 3.05) is 6.54 Å². The van der Waals surface area contributed by atoms with Crippen molar-refractivity contribution in [3.05, 3.63) is 11.6 Å². The number of fused-ring (bicyclic) bond motifs is 3. The molecule has 3 aliphatic rings. The van der Waals surface area contributed by atoms with E-state index < -0.39 is 0 Å². The van der Waals surface area contributed by atoms with E-state index in [2.05, 4.69) is 33.8 Å². The second-order valence-electron chi connectivity index (χ2n) is 9.12. The average Bonchev–Trinajstić information content (AvgIpc) is 2.46. The first-order chi connectivity index (χ1) is 9.90. The maximum Gasteiger partial charge on any atom is -0.00202 e. The molecule has 5 atom stereocenters. The van der Waals surface area contributed by atoms with Crippen molar-refractivity contribution in [3.8, 4) is 0 Å². The summed E-state index contributed by atoms with van der Waals surface area (Å²) in [6.45, 7) is 10.8. The third-order valence-corrected chi connectivity index (χ3v) is 7.69. The molecule has 1 heteroatoms. The van der Waals surface area contributed by atoms with Crippen molar-refractivity contribution in [2.24, 2.45) is 40.2 Å². The summed E-state index contributed by atoms with van der Waals surface area (Å²) >= 11 is 0. The lowest BCUT2D eigenvalue weighted by molar-refractivity contribution is -0.0523. The first-order valence-electron chi connectivity index (χ1n) is 9.30. The fourth-order valence-electron chi connectivity index (χ4n) is 6.16. The summed E-state index contributed by atoms with van der Waals surface area (Å²) < 4.78 is 0. The summed E-state index contributed by atoms with van der Waals surface area (Å²) in [5, 5.41) is 0. The Morgan fingerprint density at radius 1 is 1.24 bits per heavy atom. The van der Waals surface area contributed by atoms with E-state index in [1.54, 1.807) is 0 Å². The van der Waals surface area contributed by atoms with E-state index in [0.29, 0.717) is 10.8 Å². The second-order valence-corrected chi connectivity index (χ2v) is 9.12. The van der Waals surface area contributed by atoms with Crippen LogP contribution in [0.3, 0.4) is 0 Å². The molecule has 0 aromatic heterocycles. The van der Waals surface area contributed by atoms with Crippen LogP contribution in [0.2, 0.25) is 0 Å². The van der Waals surface area contributed by atoms with Gasteiger partial charge in [-0.1, -0.05) is 45.8 Å². The molecule has 0 aromatic rings. The lowest BCUT2D eigenvalue weighted by Crippen LogP contribution is -2.53. The summed E-state index contributed by atoms with van der Waals surface area (Å²) in [7, 11) is 0. The van der Waals surface area contributed by atoms with Crippen molar-refractivity contribution in [2.45, 2.75) is 72.6 Å². The van der Waals surface area contributed by atoms with Gasteiger partial charge in [0.25, 0.3) is 0 Å². The molecule has 21 heavy (non-hydrogen) atoms. The van der Waals surface area contributed by atoms with Crippen molar-refractivity contribution >= 4 is 0 Å². The highest BCUT2D eigenvalue weighted by Crippen LogP contribution is 2.62. The maximum atomic E-state index is 6.21. The molecule has 0 saturated heterocycles. The molecular formula is C20H35N. The summed E-state index contributed by atoms with van der Waals surface area (Å²) in [5.74, 6) is 3.45. The van der Waals surface area contributed by atoms with Crippen LogP contribution >= 0.6 is 0 Å². The van der Waals surface area contributed by atoms with E-state index in [0.717, 1.165) is 30.2 Å². The number of rotatable bonds is 2. The molecule has 0 aromatic carbocycles. The van der Waals surface area contributed by atoms with Crippen LogP contribution in [0.1, 0.15) is 72.6 Å². The zero-order valence-corrected chi connectivity index (χ0v) is 14.6. The normalized spacial score (nSPS) is 46.8. The summed E-state index contributed by atoms with van der Waals surface area (Å²) in [4.78, 5) is 0. The Kier molecular flexibility index (Phi) is 4.01.